The van der Waals surface area contributed by atoms with Crippen molar-refractivity contribution >= 4 is 11.9 Å². The Labute approximate surface area is 168 Å². The van der Waals surface area contributed by atoms with Crippen LogP contribution in [0.2, 0.25) is 0 Å². The third-order valence-electron chi connectivity index (χ3n) is 4.54. The molecule has 0 spiro atoms. The van der Waals surface area contributed by atoms with Gasteiger partial charge in [0.2, 0.25) is 0 Å². The van der Waals surface area contributed by atoms with Crippen LogP contribution in [0.1, 0.15) is 53.7 Å². The smallest absolute Gasteiger partial charge is 0.251 e. The third kappa shape index (κ3) is 6.72. The highest BCUT2D eigenvalue weighted by molar-refractivity contribution is 5.94. The third-order valence-corrected chi connectivity index (χ3v) is 4.54. The molecular formula is C23H32N4O. The Morgan fingerprint density at radius 1 is 0.929 bits per heavy atom. The summed E-state index contributed by atoms with van der Waals surface area (Å²) in [6.45, 7) is 11.1. The lowest BCUT2D eigenvalue weighted by molar-refractivity contribution is 0.0956. The standard InChI is InChI=1S/C23H32N4O/c1-5-24-22(28)21-13-9-19(10-14-21)16-27-23(25-6-2)26-15-18(4)20-11-7-17(3)8-12-20/h7-14,18H,5-6,15-16H2,1-4H3,(H,24,28)(H2,25,26,27). The number of carbonyl (C=O) groups excluding carboxylic acids is 1. The predicted octanol–water partition coefficient (Wildman–Crippen LogP) is 3.60. The molecule has 1 amide bonds. The molecule has 0 saturated carbocycles. The SMILES string of the molecule is CCNC(=O)c1ccc(CN=C(NCC)NCC(C)c2ccc(C)cc2)cc1. The summed E-state index contributed by atoms with van der Waals surface area (Å²) in [7, 11) is 0. The van der Waals surface area contributed by atoms with Crippen molar-refractivity contribution in [2.45, 2.75) is 40.2 Å². The second kappa shape index (κ2) is 11.1. The molecule has 0 aliphatic carbocycles. The van der Waals surface area contributed by atoms with Crippen LogP contribution in [0.3, 0.4) is 0 Å². The largest absolute Gasteiger partial charge is 0.357 e. The number of aliphatic imine (C=N–C) groups is 1. The van der Waals surface area contributed by atoms with Gasteiger partial charge >= 0.3 is 0 Å². The van der Waals surface area contributed by atoms with Gasteiger partial charge in [0.1, 0.15) is 0 Å². The molecule has 0 saturated heterocycles. The number of hydrogen-bond donors (Lipinski definition) is 3. The second-order valence-corrected chi connectivity index (χ2v) is 6.94. The first-order valence-electron chi connectivity index (χ1n) is 9.99. The normalized spacial score (nSPS) is 12.4. The van der Waals surface area contributed by atoms with Gasteiger partial charge in [-0.3, -0.25) is 4.79 Å². The van der Waals surface area contributed by atoms with Gasteiger partial charge in [-0.25, -0.2) is 4.99 Å². The van der Waals surface area contributed by atoms with Gasteiger partial charge in [0, 0.05) is 25.2 Å². The molecule has 0 aromatic heterocycles. The van der Waals surface area contributed by atoms with Gasteiger partial charge in [0.25, 0.3) is 5.91 Å². The minimum atomic E-state index is -0.0438. The van der Waals surface area contributed by atoms with Crippen molar-refractivity contribution in [2.75, 3.05) is 19.6 Å². The molecule has 1 atom stereocenters. The second-order valence-electron chi connectivity index (χ2n) is 6.94. The number of carbonyl (C=O) groups is 1. The molecule has 3 N–H and O–H groups in total. The molecule has 1 unspecified atom stereocenters. The quantitative estimate of drug-likeness (QED) is 0.484. The van der Waals surface area contributed by atoms with Crippen LogP contribution in [0, 0.1) is 6.92 Å². The van der Waals surface area contributed by atoms with Crippen LogP contribution < -0.4 is 16.0 Å². The molecule has 5 nitrogen and oxygen atoms in total. The van der Waals surface area contributed by atoms with E-state index in [0.29, 0.717) is 24.6 Å². The minimum Gasteiger partial charge on any atom is -0.357 e. The molecule has 28 heavy (non-hydrogen) atoms. The molecule has 0 radical (unpaired) electrons. The van der Waals surface area contributed by atoms with Gasteiger partial charge in [-0.05, 0) is 49.9 Å². The lowest BCUT2D eigenvalue weighted by Gasteiger charge is -2.16. The average Bonchev–Trinajstić information content (AvgIpc) is 2.71. The Morgan fingerprint density at radius 2 is 1.57 bits per heavy atom. The monoisotopic (exact) mass is 380 g/mol. The topological polar surface area (TPSA) is 65.5 Å². The first-order valence-corrected chi connectivity index (χ1v) is 9.99. The van der Waals surface area contributed by atoms with Gasteiger partial charge in [0.15, 0.2) is 5.96 Å². The summed E-state index contributed by atoms with van der Waals surface area (Å²) in [5.74, 6) is 1.15. The van der Waals surface area contributed by atoms with Crippen LogP contribution in [0.25, 0.3) is 0 Å². The van der Waals surface area contributed by atoms with Crippen LogP contribution >= 0.6 is 0 Å². The number of nitrogens with one attached hydrogen (secondary N) is 3. The zero-order chi connectivity index (χ0) is 20.4. The summed E-state index contributed by atoms with van der Waals surface area (Å²) in [6, 6.07) is 16.2. The number of benzene rings is 2. The van der Waals surface area contributed by atoms with E-state index in [1.54, 1.807) is 0 Å². The summed E-state index contributed by atoms with van der Waals surface area (Å²) in [6.07, 6.45) is 0. The first-order chi connectivity index (χ1) is 13.5. The summed E-state index contributed by atoms with van der Waals surface area (Å²) < 4.78 is 0. The highest BCUT2D eigenvalue weighted by Gasteiger charge is 2.07. The van der Waals surface area contributed by atoms with Gasteiger partial charge in [-0.15, -0.1) is 0 Å². The van der Waals surface area contributed by atoms with Crippen molar-refractivity contribution in [3.63, 3.8) is 0 Å². The van der Waals surface area contributed by atoms with Gasteiger partial charge in [-0.1, -0.05) is 48.9 Å². The van der Waals surface area contributed by atoms with Crippen molar-refractivity contribution in [3.05, 3.63) is 70.8 Å². The Bertz CT molecular complexity index is 766. The highest BCUT2D eigenvalue weighted by atomic mass is 16.1. The summed E-state index contributed by atoms with van der Waals surface area (Å²) >= 11 is 0. The number of hydrogen-bond acceptors (Lipinski definition) is 2. The maximum atomic E-state index is 11.8. The number of aryl methyl sites for hydroxylation is 1. The van der Waals surface area contributed by atoms with Crippen molar-refractivity contribution in [2.24, 2.45) is 4.99 Å². The lowest BCUT2D eigenvalue weighted by atomic mass is 10.0. The fraction of sp³-hybridized carbons (Fsp3) is 0.391. The van der Waals surface area contributed by atoms with Crippen LogP contribution in [0.5, 0.6) is 0 Å². The van der Waals surface area contributed by atoms with E-state index in [1.165, 1.54) is 11.1 Å². The minimum absolute atomic E-state index is 0.0438. The molecule has 2 aromatic carbocycles. The first kappa shape index (κ1) is 21.5. The maximum Gasteiger partial charge on any atom is 0.251 e. The van der Waals surface area contributed by atoms with Crippen LogP contribution in [0.4, 0.5) is 0 Å². The van der Waals surface area contributed by atoms with E-state index in [9.17, 15) is 4.79 Å². The Hall–Kier alpha value is -2.82. The van der Waals surface area contributed by atoms with Gasteiger partial charge in [0.05, 0.1) is 6.54 Å². The number of guanidine groups is 1. The zero-order valence-electron chi connectivity index (χ0n) is 17.4. The number of amides is 1. The maximum absolute atomic E-state index is 11.8. The van der Waals surface area contributed by atoms with E-state index in [-0.39, 0.29) is 5.91 Å². The molecule has 0 heterocycles. The van der Waals surface area contributed by atoms with Gasteiger partial charge in [-0.2, -0.15) is 0 Å². The van der Waals surface area contributed by atoms with E-state index in [2.05, 4.69) is 66.0 Å². The Kier molecular flexibility index (Phi) is 8.53. The summed E-state index contributed by atoms with van der Waals surface area (Å²) in [5.41, 5.74) is 4.33. The van der Waals surface area contributed by atoms with E-state index in [1.807, 2.05) is 31.2 Å². The molecular weight excluding hydrogens is 348 g/mol. The Balaban J connectivity index is 1.94. The van der Waals surface area contributed by atoms with Crippen LogP contribution in [-0.4, -0.2) is 31.5 Å². The summed E-state index contributed by atoms with van der Waals surface area (Å²) in [5, 5.41) is 9.52. The zero-order valence-corrected chi connectivity index (χ0v) is 17.4. The fourth-order valence-electron chi connectivity index (χ4n) is 2.80. The van der Waals surface area contributed by atoms with Crippen molar-refractivity contribution in [1.29, 1.82) is 0 Å². The van der Waals surface area contributed by atoms with E-state index < -0.39 is 0 Å². The molecule has 0 bridgehead atoms. The lowest BCUT2D eigenvalue weighted by Crippen LogP contribution is -2.39. The molecule has 2 aromatic rings. The molecule has 0 fully saturated rings. The van der Waals surface area contributed by atoms with Crippen LogP contribution in [0.15, 0.2) is 53.5 Å². The molecule has 0 aliphatic heterocycles. The van der Waals surface area contributed by atoms with E-state index in [0.717, 1.165) is 24.6 Å². The van der Waals surface area contributed by atoms with E-state index >= 15 is 0 Å². The van der Waals surface area contributed by atoms with Gasteiger partial charge < -0.3 is 16.0 Å². The summed E-state index contributed by atoms with van der Waals surface area (Å²) in [4.78, 5) is 16.5. The average molecular weight is 381 g/mol. The number of rotatable bonds is 8. The Morgan fingerprint density at radius 3 is 2.18 bits per heavy atom. The number of nitrogens with zero attached hydrogens (tertiary/aromatic N) is 1. The fourth-order valence-corrected chi connectivity index (χ4v) is 2.80. The van der Waals surface area contributed by atoms with Crippen molar-refractivity contribution in [3.8, 4) is 0 Å². The predicted molar refractivity (Wildman–Crippen MR) is 117 cm³/mol. The van der Waals surface area contributed by atoms with Crippen molar-refractivity contribution < 1.29 is 4.79 Å². The molecule has 5 heteroatoms. The van der Waals surface area contributed by atoms with E-state index in [4.69, 9.17) is 0 Å². The molecule has 150 valence electrons. The molecule has 2 rings (SSSR count). The van der Waals surface area contributed by atoms with Crippen molar-refractivity contribution in [1.82, 2.24) is 16.0 Å². The van der Waals surface area contributed by atoms with Crippen LogP contribution in [-0.2, 0) is 6.54 Å². The highest BCUT2D eigenvalue weighted by Crippen LogP contribution is 2.14. The molecule has 0 aliphatic rings.